The van der Waals surface area contributed by atoms with Crippen LogP contribution in [0.3, 0.4) is 0 Å². The van der Waals surface area contributed by atoms with Crippen molar-refractivity contribution in [1.82, 2.24) is 9.88 Å². The Hall–Kier alpha value is -4.41. The number of hydrogen-bond donors (Lipinski definition) is 1. The van der Waals surface area contributed by atoms with E-state index in [2.05, 4.69) is 15.0 Å². The highest BCUT2D eigenvalue weighted by Gasteiger charge is 2.65. The van der Waals surface area contributed by atoms with Gasteiger partial charge in [0.2, 0.25) is 0 Å². The maximum Gasteiger partial charge on any atom is 0.573 e. The first-order valence-electron chi connectivity index (χ1n) is 11.0. The molecule has 2 heterocycles. The lowest BCUT2D eigenvalue weighted by Crippen LogP contribution is -2.37. The fraction of sp³-hybridized carbons (Fsp3) is 0.200. The van der Waals surface area contributed by atoms with Crippen molar-refractivity contribution in [3.05, 3.63) is 84.2 Å². The van der Waals surface area contributed by atoms with E-state index in [1.165, 1.54) is 29.4 Å². The van der Waals surface area contributed by atoms with Crippen LogP contribution in [0.4, 0.5) is 29.3 Å². The first-order chi connectivity index (χ1) is 17.2. The Kier molecular flexibility index (Phi) is 5.62. The van der Waals surface area contributed by atoms with Crippen molar-refractivity contribution < 1.29 is 32.3 Å². The monoisotopic (exact) mass is 496 g/mol. The largest absolute Gasteiger partial charge is 0.573 e. The minimum Gasteiger partial charge on any atom is -0.406 e. The second-order valence-corrected chi connectivity index (χ2v) is 8.44. The van der Waals surface area contributed by atoms with Crippen LogP contribution in [0, 0.1) is 0 Å². The number of carbonyl (C=O) groups is 3. The van der Waals surface area contributed by atoms with E-state index in [4.69, 9.17) is 0 Å². The SMILES string of the molecule is O=C(Nc1ccccc1)c1cnccc1CN1C(=O)N(c2ccc(OC(F)(F)F)cc2)C(=O)C12CC2. The zero-order chi connectivity index (χ0) is 25.5. The number of urea groups is 1. The van der Waals surface area contributed by atoms with Gasteiger partial charge in [0.25, 0.3) is 11.8 Å². The number of anilines is 2. The van der Waals surface area contributed by atoms with Crippen molar-refractivity contribution in [2.24, 2.45) is 0 Å². The van der Waals surface area contributed by atoms with Gasteiger partial charge in [-0.15, -0.1) is 13.2 Å². The van der Waals surface area contributed by atoms with Gasteiger partial charge in [0.15, 0.2) is 0 Å². The number of pyridine rings is 1. The molecule has 3 aromatic rings. The highest BCUT2D eigenvalue weighted by atomic mass is 19.4. The summed E-state index contributed by atoms with van der Waals surface area (Å²) >= 11 is 0. The molecule has 1 saturated carbocycles. The third kappa shape index (κ3) is 4.35. The quantitative estimate of drug-likeness (QED) is 0.498. The van der Waals surface area contributed by atoms with Crippen molar-refractivity contribution in [1.29, 1.82) is 0 Å². The normalized spacial score (nSPS) is 16.4. The molecule has 36 heavy (non-hydrogen) atoms. The number of para-hydroxylation sites is 1. The van der Waals surface area contributed by atoms with E-state index in [1.807, 2.05) is 6.07 Å². The fourth-order valence-corrected chi connectivity index (χ4v) is 4.22. The summed E-state index contributed by atoms with van der Waals surface area (Å²) in [5.74, 6) is -1.33. The van der Waals surface area contributed by atoms with Gasteiger partial charge in [-0.25, -0.2) is 9.69 Å². The lowest BCUT2D eigenvalue weighted by molar-refractivity contribution is -0.274. The fourth-order valence-electron chi connectivity index (χ4n) is 4.22. The summed E-state index contributed by atoms with van der Waals surface area (Å²) in [5, 5.41) is 2.78. The lowest BCUT2D eigenvalue weighted by Gasteiger charge is -2.22. The Morgan fingerprint density at radius 2 is 1.72 bits per heavy atom. The molecule has 1 aromatic heterocycles. The number of aromatic nitrogens is 1. The number of alkyl halides is 3. The number of rotatable bonds is 6. The molecule has 2 aromatic carbocycles. The highest BCUT2D eigenvalue weighted by molar-refractivity contribution is 6.24. The van der Waals surface area contributed by atoms with Crippen LogP contribution in [0.2, 0.25) is 0 Å². The Bertz CT molecular complexity index is 1330. The van der Waals surface area contributed by atoms with Crippen LogP contribution in [0.1, 0.15) is 28.8 Å². The Morgan fingerprint density at radius 1 is 1.03 bits per heavy atom. The van der Waals surface area contributed by atoms with Crippen molar-refractivity contribution in [3.63, 3.8) is 0 Å². The molecule has 0 atom stereocenters. The molecule has 0 unspecified atom stereocenters. The highest BCUT2D eigenvalue weighted by Crippen LogP contribution is 2.50. The standard InChI is InChI=1S/C25H19F3N4O4/c26-25(27,28)36-19-8-6-18(7-9-19)32-22(34)24(11-12-24)31(23(32)35)15-16-10-13-29-14-20(16)21(33)30-17-4-2-1-3-5-17/h1-10,13-14H,11-12,15H2,(H,30,33). The number of imide groups is 1. The molecule has 1 saturated heterocycles. The summed E-state index contributed by atoms with van der Waals surface area (Å²) in [6.45, 7) is -0.0175. The van der Waals surface area contributed by atoms with Gasteiger partial charge in [-0.3, -0.25) is 14.6 Å². The smallest absolute Gasteiger partial charge is 0.406 e. The van der Waals surface area contributed by atoms with E-state index >= 15 is 0 Å². The van der Waals surface area contributed by atoms with Crippen LogP contribution in [-0.4, -0.2) is 39.6 Å². The second-order valence-electron chi connectivity index (χ2n) is 8.44. The number of nitrogens with zero attached hydrogens (tertiary/aromatic N) is 3. The van der Waals surface area contributed by atoms with Crippen molar-refractivity contribution in [3.8, 4) is 5.75 Å². The van der Waals surface area contributed by atoms with Gasteiger partial charge in [-0.2, -0.15) is 0 Å². The predicted octanol–water partition coefficient (Wildman–Crippen LogP) is 4.73. The third-order valence-corrected chi connectivity index (χ3v) is 6.11. The van der Waals surface area contributed by atoms with E-state index in [0.29, 0.717) is 24.1 Å². The van der Waals surface area contributed by atoms with Gasteiger partial charge in [0, 0.05) is 24.6 Å². The molecule has 1 N–H and O–H groups in total. The first-order valence-corrected chi connectivity index (χ1v) is 11.0. The molecule has 2 fully saturated rings. The molecule has 8 nitrogen and oxygen atoms in total. The summed E-state index contributed by atoms with van der Waals surface area (Å²) in [6.07, 6.45) is -1.08. The lowest BCUT2D eigenvalue weighted by atomic mass is 10.1. The number of halogens is 3. The minimum absolute atomic E-state index is 0.0175. The van der Waals surface area contributed by atoms with Crippen LogP contribution in [0.5, 0.6) is 5.75 Å². The van der Waals surface area contributed by atoms with Crippen molar-refractivity contribution in [2.45, 2.75) is 31.3 Å². The summed E-state index contributed by atoms with van der Waals surface area (Å²) in [4.78, 5) is 45.9. The second kappa shape index (κ2) is 8.67. The minimum atomic E-state index is -4.86. The molecule has 4 amide bonds. The van der Waals surface area contributed by atoms with Gasteiger partial charge in [0.1, 0.15) is 11.3 Å². The maximum atomic E-state index is 13.4. The molecular formula is C25H19F3N4O4. The molecule has 5 rings (SSSR count). The Balaban J connectivity index is 1.39. The average Bonchev–Trinajstić information content (AvgIpc) is 3.62. The van der Waals surface area contributed by atoms with Crippen LogP contribution in [0.15, 0.2) is 73.1 Å². The molecule has 0 radical (unpaired) electrons. The Labute approximate surface area is 203 Å². The van der Waals surface area contributed by atoms with Crippen molar-refractivity contribution >= 4 is 29.2 Å². The van der Waals surface area contributed by atoms with E-state index in [9.17, 15) is 27.6 Å². The van der Waals surface area contributed by atoms with Crippen LogP contribution in [-0.2, 0) is 11.3 Å². The topological polar surface area (TPSA) is 91.8 Å². The summed E-state index contributed by atoms with van der Waals surface area (Å²) in [6, 6.07) is 14.4. The van der Waals surface area contributed by atoms with E-state index in [-0.39, 0.29) is 17.8 Å². The van der Waals surface area contributed by atoms with Gasteiger partial charge < -0.3 is 15.0 Å². The van der Waals surface area contributed by atoms with E-state index in [0.717, 1.165) is 17.0 Å². The number of nitrogens with one attached hydrogen (secondary N) is 1. The van der Waals surface area contributed by atoms with Crippen LogP contribution in [0.25, 0.3) is 0 Å². The van der Waals surface area contributed by atoms with E-state index in [1.54, 1.807) is 30.3 Å². The van der Waals surface area contributed by atoms with Gasteiger partial charge in [-0.05, 0) is 60.9 Å². The van der Waals surface area contributed by atoms with Crippen LogP contribution >= 0.6 is 0 Å². The maximum absolute atomic E-state index is 13.4. The van der Waals surface area contributed by atoms with Crippen LogP contribution < -0.4 is 15.0 Å². The summed E-state index contributed by atoms with van der Waals surface area (Å²) < 4.78 is 41.3. The number of ether oxygens (including phenoxy) is 1. The molecule has 1 aliphatic heterocycles. The number of benzene rings is 2. The molecule has 1 spiro atoms. The molecule has 2 aliphatic rings. The number of hydrogen-bond acceptors (Lipinski definition) is 5. The Morgan fingerprint density at radius 3 is 2.36 bits per heavy atom. The summed E-state index contributed by atoms with van der Waals surface area (Å²) in [5.41, 5.74) is 0.429. The van der Waals surface area contributed by atoms with Gasteiger partial charge >= 0.3 is 12.4 Å². The molecule has 1 aliphatic carbocycles. The molecular weight excluding hydrogens is 477 g/mol. The van der Waals surface area contributed by atoms with Gasteiger partial charge in [-0.1, -0.05) is 18.2 Å². The third-order valence-electron chi connectivity index (χ3n) is 6.11. The van der Waals surface area contributed by atoms with Crippen molar-refractivity contribution in [2.75, 3.05) is 10.2 Å². The molecule has 11 heteroatoms. The number of carbonyl (C=O) groups excluding carboxylic acids is 3. The van der Waals surface area contributed by atoms with E-state index < -0.39 is 35.5 Å². The summed E-state index contributed by atoms with van der Waals surface area (Å²) in [7, 11) is 0. The zero-order valence-electron chi connectivity index (χ0n) is 18.7. The average molecular weight is 496 g/mol. The zero-order valence-corrected chi connectivity index (χ0v) is 18.7. The van der Waals surface area contributed by atoms with Gasteiger partial charge in [0.05, 0.1) is 11.3 Å². The predicted molar refractivity (Wildman–Crippen MR) is 122 cm³/mol. The first kappa shape index (κ1) is 23.3. The molecule has 184 valence electrons. The number of amides is 4. The molecule has 0 bridgehead atoms.